The molecule has 1 aliphatic carbocycles. The fourth-order valence-corrected chi connectivity index (χ4v) is 5.31. The molecule has 1 atom stereocenters. The number of para-hydroxylation sites is 2. The number of hydrogen-bond acceptors (Lipinski definition) is 5. The largest absolute Gasteiger partial charge is 0.384 e. The Kier molecular flexibility index (Phi) is 4.49. The second kappa shape index (κ2) is 7.24. The van der Waals surface area contributed by atoms with Gasteiger partial charge in [0.2, 0.25) is 5.91 Å². The average molecular weight is 422 g/mol. The van der Waals surface area contributed by atoms with E-state index in [1.54, 1.807) is 15.9 Å². The number of amides is 1. The lowest BCUT2D eigenvalue weighted by Gasteiger charge is -2.43. The highest BCUT2D eigenvalue weighted by molar-refractivity contribution is 6.20. The van der Waals surface area contributed by atoms with Crippen LogP contribution in [-0.2, 0) is 15.0 Å². The average Bonchev–Trinajstić information content (AvgIpc) is 3.04. The quantitative estimate of drug-likeness (QED) is 0.762. The van der Waals surface area contributed by atoms with E-state index < -0.39 is 5.41 Å². The van der Waals surface area contributed by atoms with E-state index in [1.807, 2.05) is 54.6 Å². The maximum Gasteiger partial charge on any atom is 0.248 e. The molecule has 3 aliphatic rings. The number of nitrogens with two attached hydrogens (primary N) is 1. The van der Waals surface area contributed by atoms with E-state index in [4.69, 9.17) is 5.73 Å². The molecule has 2 N–H and O–H groups in total. The van der Waals surface area contributed by atoms with Crippen LogP contribution in [0.25, 0.3) is 0 Å². The van der Waals surface area contributed by atoms with Crippen LogP contribution in [0.5, 0.6) is 0 Å². The molecule has 2 aromatic rings. The molecular weight excluding hydrogens is 400 g/mol. The molecule has 32 heavy (non-hydrogen) atoms. The molecule has 0 saturated carbocycles. The van der Waals surface area contributed by atoms with Gasteiger partial charge in [0.25, 0.3) is 0 Å². The number of Topliss-reactive ketones (excluding diaryl/α,β-unsaturated/α-hetero) is 1. The van der Waals surface area contributed by atoms with E-state index in [9.17, 15) is 14.9 Å². The topological polar surface area (TPSA) is 90.4 Å². The van der Waals surface area contributed by atoms with E-state index in [0.717, 1.165) is 5.69 Å². The molecule has 1 amide bonds. The summed E-state index contributed by atoms with van der Waals surface area (Å²) in [7, 11) is 0. The smallest absolute Gasteiger partial charge is 0.248 e. The number of ketones is 1. The second-order valence-corrected chi connectivity index (χ2v) is 8.11. The summed E-state index contributed by atoms with van der Waals surface area (Å²) in [6.45, 7) is 4.06. The van der Waals surface area contributed by atoms with Gasteiger partial charge in [0, 0.05) is 41.2 Å². The minimum atomic E-state index is -1.53. The Morgan fingerprint density at radius 1 is 1.09 bits per heavy atom. The van der Waals surface area contributed by atoms with E-state index in [0.29, 0.717) is 41.8 Å². The van der Waals surface area contributed by atoms with Crippen molar-refractivity contribution in [3.05, 3.63) is 95.5 Å². The fourth-order valence-electron chi connectivity index (χ4n) is 5.31. The third-order valence-corrected chi connectivity index (χ3v) is 6.50. The van der Waals surface area contributed by atoms with Gasteiger partial charge in [-0.05, 0) is 31.0 Å². The number of rotatable bonds is 3. The van der Waals surface area contributed by atoms with Crippen molar-refractivity contribution in [2.75, 3.05) is 16.3 Å². The molecule has 0 aromatic heterocycles. The third-order valence-electron chi connectivity index (χ3n) is 6.50. The highest BCUT2D eigenvalue weighted by Crippen LogP contribution is 2.56. The number of benzene rings is 2. The van der Waals surface area contributed by atoms with Crippen LogP contribution in [-0.4, -0.2) is 18.2 Å². The summed E-state index contributed by atoms with van der Waals surface area (Å²) in [5, 5.41) is 10.3. The van der Waals surface area contributed by atoms with Gasteiger partial charge in [0.15, 0.2) is 5.78 Å². The molecule has 0 bridgehead atoms. The van der Waals surface area contributed by atoms with Crippen LogP contribution in [0.1, 0.15) is 24.8 Å². The van der Waals surface area contributed by atoms with Crippen molar-refractivity contribution < 1.29 is 9.59 Å². The van der Waals surface area contributed by atoms with Gasteiger partial charge in [0.1, 0.15) is 17.3 Å². The van der Waals surface area contributed by atoms with Gasteiger partial charge in [-0.3, -0.25) is 14.5 Å². The Morgan fingerprint density at radius 2 is 1.81 bits per heavy atom. The molecule has 2 aliphatic heterocycles. The van der Waals surface area contributed by atoms with Gasteiger partial charge in [-0.1, -0.05) is 42.5 Å². The van der Waals surface area contributed by atoms with Crippen LogP contribution in [0.3, 0.4) is 0 Å². The highest BCUT2D eigenvalue weighted by Gasteiger charge is 2.62. The molecule has 0 radical (unpaired) electrons. The molecule has 5 rings (SSSR count). The number of nitriles is 1. The zero-order chi connectivity index (χ0) is 22.5. The number of allylic oxidation sites excluding steroid dienone is 1. The summed E-state index contributed by atoms with van der Waals surface area (Å²) in [5.41, 5.74) is 8.37. The minimum Gasteiger partial charge on any atom is -0.384 e. The van der Waals surface area contributed by atoms with Crippen molar-refractivity contribution in [3.8, 4) is 6.07 Å². The lowest BCUT2D eigenvalue weighted by atomic mass is 9.64. The van der Waals surface area contributed by atoms with E-state index in [-0.39, 0.29) is 29.6 Å². The lowest BCUT2D eigenvalue weighted by molar-refractivity contribution is -0.124. The van der Waals surface area contributed by atoms with Crippen LogP contribution >= 0.6 is 0 Å². The standard InChI is InChI=1S/C26H22N4O2/c1-2-15-29-20-12-7-6-11-18(20)26(25(29)32)19(16-27)24(28)30(17-9-4-3-5-10-17)21-13-8-14-22(31)23(21)26/h2-7,9-12H,1,8,13-15,28H2/t26-/m1/s1. The Balaban J connectivity index is 1.89. The van der Waals surface area contributed by atoms with Crippen LogP contribution < -0.4 is 15.5 Å². The number of fused-ring (bicyclic) bond motifs is 3. The summed E-state index contributed by atoms with van der Waals surface area (Å²) >= 11 is 0. The van der Waals surface area contributed by atoms with E-state index in [2.05, 4.69) is 12.6 Å². The maximum absolute atomic E-state index is 14.1. The number of nitrogens with zero attached hydrogens (tertiary/aromatic N) is 3. The molecule has 0 fully saturated rings. The van der Waals surface area contributed by atoms with Gasteiger partial charge >= 0.3 is 0 Å². The van der Waals surface area contributed by atoms with Crippen LogP contribution in [0.4, 0.5) is 11.4 Å². The normalized spacial score (nSPS) is 22.2. The highest BCUT2D eigenvalue weighted by atomic mass is 16.2. The van der Waals surface area contributed by atoms with Crippen LogP contribution in [0.15, 0.2) is 89.9 Å². The van der Waals surface area contributed by atoms with Crippen molar-refractivity contribution in [2.45, 2.75) is 24.7 Å². The van der Waals surface area contributed by atoms with E-state index >= 15 is 0 Å². The van der Waals surface area contributed by atoms with Crippen molar-refractivity contribution in [2.24, 2.45) is 5.73 Å². The first kappa shape index (κ1) is 19.8. The number of anilines is 2. The lowest BCUT2D eigenvalue weighted by Crippen LogP contribution is -2.52. The van der Waals surface area contributed by atoms with Crippen molar-refractivity contribution in [3.63, 3.8) is 0 Å². The minimum absolute atomic E-state index is 0.0966. The first-order valence-corrected chi connectivity index (χ1v) is 10.6. The molecule has 6 heteroatoms. The Labute approximate surface area is 186 Å². The fraction of sp³-hybridized carbons (Fsp3) is 0.192. The summed E-state index contributed by atoms with van der Waals surface area (Å²) in [6, 6.07) is 19.0. The summed E-state index contributed by atoms with van der Waals surface area (Å²) in [5.74, 6) is -0.250. The summed E-state index contributed by atoms with van der Waals surface area (Å²) in [6.07, 6.45) is 3.23. The maximum atomic E-state index is 14.1. The first-order chi connectivity index (χ1) is 15.6. The monoisotopic (exact) mass is 422 g/mol. The van der Waals surface area contributed by atoms with E-state index in [1.165, 1.54) is 0 Å². The molecule has 158 valence electrons. The van der Waals surface area contributed by atoms with Crippen molar-refractivity contribution in [1.82, 2.24) is 0 Å². The summed E-state index contributed by atoms with van der Waals surface area (Å²) < 4.78 is 0. The van der Waals surface area contributed by atoms with Gasteiger partial charge in [0.05, 0.1) is 5.57 Å². The second-order valence-electron chi connectivity index (χ2n) is 8.11. The third kappa shape index (κ3) is 2.39. The zero-order valence-corrected chi connectivity index (χ0v) is 17.5. The van der Waals surface area contributed by atoms with Crippen LogP contribution in [0, 0.1) is 11.3 Å². The Morgan fingerprint density at radius 3 is 2.53 bits per heavy atom. The molecule has 0 saturated heterocycles. The first-order valence-electron chi connectivity index (χ1n) is 10.6. The van der Waals surface area contributed by atoms with Gasteiger partial charge in [-0.2, -0.15) is 5.26 Å². The molecule has 2 heterocycles. The number of carbonyl (C=O) groups is 2. The molecule has 0 unspecified atom stereocenters. The zero-order valence-electron chi connectivity index (χ0n) is 17.5. The van der Waals surface area contributed by atoms with Crippen LogP contribution in [0.2, 0.25) is 0 Å². The molecular formula is C26H22N4O2. The summed E-state index contributed by atoms with van der Waals surface area (Å²) in [4.78, 5) is 31.0. The SMILES string of the molecule is C=CCN1C(=O)[C@@]2(C(C#N)=C(N)N(c3ccccc3)C3=C2C(=O)CCC3)c2ccccc21. The number of carbonyl (C=O) groups excluding carboxylic acids is 2. The van der Waals surface area contributed by atoms with Crippen molar-refractivity contribution >= 4 is 23.1 Å². The molecule has 1 spiro atoms. The molecule has 6 nitrogen and oxygen atoms in total. The Bertz CT molecular complexity index is 1270. The predicted octanol–water partition coefficient (Wildman–Crippen LogP) is 3.68. The Hall–Kier alpha value is -4.11. The predicted molar refractivity (Wildman–Crippen MR) is 122 cm³/mol. The number of hydrogen-bond donors (Lipinski definition) is 1. The van der Waals surface area contributed by atoms with Crippen molar-refractivity contribution in [1.29, 1.82) is 5.26 Å². The van der Waals surface area contributed by atoms with Gasteiger partial charge in [-0.15, -0.1) is 6.58 Å². The van der Waals surface area contributed by atoms with Gasteiger partial charge < -0.3 is 10.6 Å². The van der Waals surface area contributed by atoms with Gasteiger partial charge in [-0.25, -0.2) is 0 Å². The molecule has 2 aromatic carbocycles.